The summed E-state index contributed by atoms with van der Waals surface area (Å²) in [5.74, 6) is 1.58. The van der Waals surface area contributed by atoms with Crippen molar-refractivity contribution in [3.63, 3.8) is 0 Å². The summed E-state index contributed by atoms with van der Waals surface area (Å²) in [4.78, 5) is 2.48. The second-order valence-corrected chi connectivity index (χ2v) is 5.74. The van der Waals surface area contributed by atoms with Crippen molar-refractivity contribution in [1.29, 1.82) is 0 Å². The molecule has 0 bridgehead atoms. The Morgan fingerprint density at radius 2 is 1.95 bits per heavy atom. The van der Waals surface area contributed by atoms with E-state index in [4.69, 9.17) is 9.47 Å². The van der Waals surface area contributed by atoms with Gasteiger partial charge in [0.25, 0.3) is 0 Å². The van der Waals surface area contributed by atoms with Gasteiger partial charge in [0.05, 0.1) is 18.7 Å². The first-order valence-corrected chi connectivity index (χ1v) is 7.85. The van der Waals surface area contributed by atoms with Crippen LogP contribution in [0.25, 0.3) is 0 Å². The molecule has 0 radical (unpaired) electrons. The quantitative estimate of drug-likeness (QED) is 0.890. The topological polar surface area (TPSA) is 33.7 Å². The summed E-state index contributed by atoms with van der Waals surface area (Å²) in [6, 6.07) is 2.12. The Morgan fingerprint density at radius 1 is 1.25 bits per heavy atom. The van der Waals surface area contributed by atoms with Gasteiger partial charge in [-0.1, -0.05) is 6.92 Å². The van der Waals surface area contributed by atoms with E-state index in [0.717, 1.165) is 55.1 Å². The van der Waals surface area contributed by atoms with Crippen LogP contribution in [0.4, 0.5) is 0 Å². The molecule has 1 aromatic carbocycles. The molecule has 4 nitrogen and oxygen atoms in total. The van der Waals surface area contributed by atoms with Crippen molar-refractivity contribution >= 4 is 15.9 Å². The maximum Gasteiger partial charge on any atom is 0.175 e. The molecule has 0 amide bonds. The van der Waals surface area contributed by atoms with Gasteiger partial charge in [-0.2, -0.15) is 0 Å². The maximum absolute atomic E-state index is 5.46. The van der Waals surface area contributed by atoms with Crippen LogP contribution in [0.5, 0.6) is 11.5 Å². The molecular formula is C15H23BrN2O2. The van der Waals surface area contributed by atoms with E-state index in [9.17, 15) is 0 Å². The molecule has 20 heavy (non-hydrogen) atoms. The average Bonchev–Trinajstić information content (AvgIpc) is 2.48. The molecule has 0 aliphatic carbocycles. The highest BCUT2D eigenvalue weighted by molar-refractivity contribution is 9.10. The van der Waals surface area contributed by atoms with Crippen LogP contribution in [0.2, 0.25) is 0 Å². The summed E-state index contributed by atoms with van der Waals surface area (Å²) >= 11 is 3.67. The van der Waals surface area contributed by atoms with Crippen LogP contribution in [0, 0.1) is 0 Å². The fraction of sp³-hybridized carbons (Fsp3) is 0.600. The average molecular weight is 343 g/mol. The number of benzene rings is 1. The molecule has 1 aliphatic rings. The first-order valence-electron chi connectivity index (χ1n) is 7.06. The Morgan fingerprint density at radius 3 is 2.50 bits per heavy atom. The minimum absolute atomic E-state index is 0.786. The minimum atomic E-state index is 0.786. The molecule has 1 aromatic rings. The molecule has 1 heterocycles. The highest BCUT2D eigenvalue weighted by atomic mass is 79.9. The number of halogens is 1. The van der Waals surface area contributed by atoms with Crippen molar-refractivity contribution in [2.24, 2.45) is 0 Å². The van der Waals surface area contributed by atoms with E-state index in [1.807, 2.05) is 0 Å². The number of methoxy groups -OCH3 is 2. The summed E-state index contributed by atoms with van der Waals surface area (Å²) < 4.78 is 11.9. The Kier molecular flexibility index (Phi) is 5.69. The number of rotatable bonds is 5. The Bertz CT molecular complexity index is 460. The third-order valence-electron chi connectivity index (χ3n) is 3.76. The zero-order valence-electron chi connectivity index (χ0n) is 12.5. The van der Waals surface area contributed by atoms with Gasteiger partial charge in [-0.05, 0) is 39.5 Å². The number of nitrogens with zero attached hydrogens (tertiary/aromatic N) is 1. The maximum atomic E-state index is 5.46. The SMILES string of the molecule is CCc1c(CN2CCNCC2)cc(OC)c(OC)c1Br. The zero-order valence-corrected chi connectivity index (χ0v) is 14.0. The highest BCUT2D eigenvalue weighted by Crippen LogP contribution is 2.40. The third kappa shape index (κ3) is 3.27. The number of hydrogen-bond acceptors (Lipinski definition) is 4. The second kappa shape index (κ2) is 7.29. The van der Waals surface area contributed by atoms with Crippen molar-refractivity contribution in [2.75, 3.05) is 40.4 Å². The first kappa shape index (κ1) is 15.6. The van der Waals surface area contributed by atoms with Gasteiger partial charge < -0.3 is 14.8 Å². The van der Waals surface area contributed by atoms with Gasteiger partial charge in [-0.15, -0.1) is 0 Å². The number of piperazine rings is 1. The van der Waals surface area contributed by atoms with Gasteiger partial charge in [0.15, 0.2) is 11.5 Å². The summed E-state index contributed by atoms with van der Waals surface area (Å²) in [6.07, 6.45) is 0.975. The number of hydrogen-bond donors (Lipinski definition) is 1. The van der Waals surface area contributed by atoms with E-state index in [1.54, 1.807) is 14.2 Å². The van der Waals surface area contributed by atoms with Crippen LogP contribution >= 0.6 is 15.9 Å². The summed E-state index contributed by atoms with van der Waals surface area (Å²) in [6.45, 7) is 7.45. The molecule has 2 rings (SSSR count). The molecular weight excluding hydrogens is 320 g/mol. The lowest BCUT2D eigenvalue weighted by Gasteiger charge is -2.28. The zero-order chi connectivity index (χ0) is 14.5. The second-order valence-electron chi connectivity index (χ2n) is 4.94. The summed E-state index contributed by atoms with van der Waals surface area (Å²) in [5, 5.41) is 3.39. The highest BCUT2D eigenvalue weighted by Gasteiger charge is 2.19. The molecule has 5 heteroatoms. The smallest absolute Gasteiger partial charge is 0.175 e. The van der Waals surface area contributed by atoms with Crippen molar-refractivity contribution in [3.8, 4) is 11.5 Å². The monoisotopic (exact) mass is 342 g/mol. The van der Waals surface area contributed by atoms with Gasteiger partial charge in [0.1, 0.15) is 0 Å². The molecule has 0 aromatic heterocycles. The van der Waals surface area contributed by atoms with Crippen molar-refractivity contribution in [2.45, 2.75) is 19.9 Å². The molecule has 0 atom stereocenters. The van der Waals surface area contributed by atoms with E-state index in [1.165, 1.54) is 11.1 Å². The van der Waals surface area contributed by atoms with E-state index in [0.29, 0.717) is 0 Å². The summed E-state index contributed by atoms with van der Waals surface area (Å²) in [7, 11) is 3.36. The van der Waals surface area contributed by atoms with E-state index in [2.05, 4.69) is 39.1 Å². The van der Waals surface area contributed by atoms with Crippen LogP contribution in [0.3, 0.4) is 0 Å². The van der Waals surface area contributed by atoms with E-state index >= 15 is 0 Å². The largest absolute Gasteiger partial charge is 0.493 e. The molecule has 1 N–H and O–H groups in total. The molecule has 0 spiro atoms. The normalized spacial score (nSPS) is 16.2. The minimum Gasteiger partial charge on any atom is -0.493 e. The molecule has 0 saturated carbocycles. The van der Waals surface area contributed by atoms with Gasteiger partial charge >= 0.3 is 0 Å². The fourth-order valence-corrected chi connectivity index (χ4v) is 3.56. The lowest BCUT2D eigenvalue weighted by Crippen LogP contribution is -2.43. The molecule has 1 fully saturated rings. The van der Waals surface area contributed by atoms with Crippen molar-refractivity contribution in [1.82, 2.24) is 10.2 Å². The van der Waals surface area contributed by atoms with E-state index < -0.39 is 0 Å². The lowest BCUT2D eigenvalue weighted by molar-refractivity contribution is 0.232. The van der Waals surface area contributed by atoms with Crippen LogP contribution in [0.1, 0.15) is 18.1 Å². The molecule has 1 aliphatic heterocycles. The number of ether oxygens (including phenoxy) is 2. The summed E-state index contributed by atoms with van der Waals surface area (Å²) in [5.41, 5.74) is 2.63. The fourth-order valence-electron chi connectivity index (χ4n) is 2.67. The Balaban J connectivity index is 2.32. The van der Waals surface area contributed by atoms with Crippen LogP contribution < -0.4 is 14.8 Å². The Labute approximate surface area is 129 Å². The van der Waals surface area contributed by atoms with Crippen LogP contribution in [-0.4, -0.2) is 45.3 Å². The van der Waals surface area contributed by atoms with Crippen LogP contribution in [0.15, 0.2) is 10.5 Å². The predicted molar refractivity (Wildman–Crippen MR) is 84.8 cm³/mol. The molecule has 0 unspecified atom stereocenters. The van der Waals surface area contributed by atoms with Gasteiger partial charge in [-0.3, -0.25) is 4.90 Å². The lowest BCUT2D eigenvalue weighted by atomic mass is 10.0. The third-order valence-corrected chi connectivity index (χ3v) is 4.60. The number of nitrogens with one attached hydrogen (secondary N) is 1. The van der Waals surface area contributed by atoms with Gasteiger partial charge in [0, 0.05) is 32.7 Å². The van der Waals surface area contributed by atoms with Gasteiger partial charge in [0.2, 0.25) is 0 Å². The predicted octanol–water partition coefficient (Wildman–Crippen LogP) is 2.43. The molecule has 1 saturated heterocycles. The van der Waals surface area contributed by atoms with Crippen molar-refractivity contribution in [3.05, 3.63) is 21.7 Å². The van der Waals surface area contributed by atoms with E-state index in [-0.39, 0.29) is 0 Å². The standard InChI is InChI=1S/C15H23BrN2O2/c1-4-12-11(10-18-7-5-17-6-8-18)9-13(19-2)15(20-3)14(12)16/h9,17H,4-8,10H2,1-3H3. The van der Waals surface area contributed by atoms with Crippen molar-refractivity contribution < 1.29 is 9.47 Å². The first-order chi connectivity index (χ1) is 9.71. The Hall–Kier alpha value is -0.780. The van der Waals surface area contributed by atoms with Gasteiger partial charge in [-0.25, -0.2) is 0 Å². The molecule has 112 valence electrons. The van der Waals surface area contributed by atoms with Crippen LogP contribution in [-0.2, 0) is 13.0 Å².